The van der Waals surface area contributed by atoms with Crippen molar-refractivity contribution in [2.45, 2.75) is 38.1 Å². The Morgan fingerprint density at radius 1 is 1.13 bits per heavy atom. The van der Waals surface area contributed by atoms with Crippen molar-refractivity contribution < 1.29 is 9.18 Å². The summed E-state index contributed by atoms with van der Waals surface area (Å²) in [5.41, 5.74) is 0.230. The van der Waals surface area contributed by atoms with E-state index in [-0.39, 0.29) is 11.7 Å². The summed E-state index contributed by atoms with van der Waals surface area (Å²) in [7, 11) is 0. The molecular formula is C17H23BrFN3O. The maximum Gasteiger partial charge on any atom is 0.322 e. The van der Waals surface area contributed by atoms with Crippen molar-refractivity contribution in [1.82, 2.24) is 9.80 Å². The van der Waals surface area contributed by atoms with Gasteiger partial charge in [0.25, 0.3) is 0 Å². The Morgan fingerprint density at radius 2 is 1.83 bits per heavy atom. The zero-order valence-electron chi connectivity index (χ0n) is 13.2. The molecule has 2 fully saturated rings. The second kappa shape index (κ2) is 7.62. The van der Waals surface area contributed by atoms with Crippen molar-refractivity contribution in [3.63, 3.8) is 0 Å². The number of carbonyl (C=O) groups is 1. The standard InChI is InChI=1S/C17H23BrFN3O/c18-13-6-7-16(15(19)12-13)20-17(23)22-10-8-21(9-11-22)14-4-2-1-3-5-14/h6-7,12,14H,1-5,8-11H2,(H,20,23). The molecule has 23 heavy (non-hydrogen) atoms. The van der Waals surface area contributed by atoms with E-state index in [2.05, 4.69) is 26.1 Å². The molecular weight excluding hydrogens is 361 g/mol. The number of piperazine rings is 1. The third kappa shape index (κ3) is 4.23. The molecule has 1 aliphatic carbocycles. The van der Waals surface area contributed by atoms with Gasteiger partial charge in [0.1, 0.15) is 5.82 Å². The SMILES string of the molecule is O=C(Nc1ccc(Br)cc1F)N1CCN(C2CCCCC2)CC1. The lowest BCUT2D eigenvalue weighted by atomic mass is 9.94. The number of hydrogen-bond acceptors (Lipinski definition) is 2. The van der Waals surface area contributed by atoms with Crippen molar-refractivity contribution in [2.24, 2.45) is 0 Å². The number of halogens is 2. The van der Waals surface area contributed by atoms with Gasteiger partial charge in [-0.3, -0.25) is 4.90 Å². The van der Waals surface area contributed by atoms with Gasteiger partial charge < -0.3 is 10.2 Å². The molecule has 1 aliphatic heterocycles. The molecule has 3 rings (SSSR count). The molecule has 4 nitrogen and oxygen atoms in total. The number of hydrogen-bond donors (Lipinski definition) is 1. The molecule has 0 aromatic heterocycles. The van der Waals surface area contributed by atoms with Gasteiger partial charge in [0.05, 0.1) is 5.69 Å². The second-order valence-electron chi connectivity index (χ2n) is 6.37. The van der Waals surface area contributed by atoms with Crippen LogP contribution < -0.4 is 5.32 Å². The molecule has 2 amide bonds. The molecule has 0 bridgehead atoms. The summed E-state index contributed by atoms with van der Waals surface area (Å²) in [6, 6.07) is 5.14. The van der Waals surface area contributed by atoms with Crippen molar-refractivity contribution >= 4 is 27.6 Å². The quantitative estimate of drug-likeness (QED) is 0.835. The van der Waals surface area contributed by atoms with Crippen LogP contribution >= 0.6 is 15.9 Å². The number of benzene rings is 1. The molecule has 1 heterocycles. The monoisotopic (exact) mass is 383 g/mol. The van der Waals surface area contributed by atoms with Crippen LogP contribution in [0.25, 0.3) is 0 Å². The van der Waals surface area contributed by atoms with E-state index >= 15 is 0 Å². The van der Waals surface area contributed by atoms with Crippen LogP contribution in [0.5, 0.6) is 0 Å². The van der Waals surface area contributed by atoms with E-state index in [9.17, 15) is 9.18 Å². The summed E-state index contributed by atoms with van der Waals surface area (Å²) in [5.74, 6) is -0.423. The van der Waals surface area contributed by atoms with E-state index in [1.54, 1.807) is 17.0 Å². The fourth-order valence-electron chi connectivity index (χ4n) is 3.52. The van der Waals surface area contributed by atoms with Gasteiger partial charge in [-0.2, -0.15) is 0 Å². The average molecular weight is 384 g/mol. The van der Waals surface area contributed by atoms with Crippen LogP contribution in [0.2, 0.25) is 0 Å². The molecule has 1 aromatic carbocycles. The van der Waals surface area contributed by atoms with Crippen LogP contribution in [0.1, 0.15) is 32.1 Å². The highest BCUT2D eigenvalue weighted by Gasteiger charge is 2.27. The summed E-state index contributed by atoms with van der Waals surface area (Å²) >= 11 is 3.21. The molecule has 126 valence electrons. The van der Waals surface area contributed by atoms with Crippen molar-refractivity contribution in [1.29, 1.82) is 0 Å². The smallest absolute Gasteiger partial charge is 0.322 e. The zero-order chi connectivity index (χ0) is 16.2. The summed E-state index contributed by atoms with van der Waals surface area (Å²) < 4.78 is 14.5. The third-order valence-electron chi connectivity index (χ3n) is 4.87. The van der Waals surface area contributed by atoms with Gasteiger partial charge in [0.2, 0.25) is 0 Å². The number of carbonyl (C=O) groups excluding carboxylic acids is 1. The molecule has 6 heteroatoms. The van der Waals surface area contributed by atoms with E-state index < -0.39 is 5.82 Å². The minimum Gasteiger partial charge on any atom is -0.322 e. The molecule has 1 saturated carbocycles. The molecule has 0 unspecified atom stereocenters. The third-order valence-corrected chi connectivity index (χ3v) is 5.36. The van der Waals surface area contributed by atoms with E-state index in [0.29, 0.717) is 23.6 Å². The number of anilines is 1. The molecule has 1 saturated heterocycles. The Morgan fingerprint density at radius 3 is 2.48 bits per heavy atom. The maximum atomic E-state index is 13.8. The normalized spacial score (nSPS) is 20.5. The molecule has 1 N–H and O–H groups in total. The average Bonchev–Trinajstić information content (AvgIpc) is 2.58. The van der Waals surface area contributed by atoms with Gasteiger partial charge in [-0.25, -0.2) is 9.18 Å². The van der Waals surface area contributed by atoms with E-state index in [0.717, 1.165) is 13.1 Å². The Hall–Kier alpha value is -1.14. The first-order valence-electron chi connectivity index (χ1n) is 8.38. The summed E-state index contributed by atoms with van der Waals surface area (Å²) in [6.07, 6.45) is 6.59. The van der Waals surface area contributed by atoms with Crippen LogP contribution in [0, 0.1) is 5.82 Å². The highest BCUT2D eigenvalue weighted by molar-refractivity contribution is 9.10. The molecule has 0 spiro atoms. The number of amides is 2. The minimum atomic E-state index is -0.423. The van der Waals surface area contributed by atoms with E-state index in [1.807, 2.05) is 0 Å². The first-order chi connectivity index (χ1) is 11.1. The van der Waals surface area contributed by atoms with Crippen LogP contribution in [0.4, 0.5) is 14.9 Å². The van der Waals surface area contributed by atoms with Crippen LogP contribution in [-0.2, 0) is 0 Å². The van der Waals surface area contributed by atoms with Crippen LogP contribution in [-0.4, -0.2) is 48.1 Å². The Labute approximate surface area is 145 Å². The largest absolute Gasteiger partial charge is 0.322 e. The Kier molecular flexibility index (Phi) is 5.54. The topological polar surface area (TPSA) is 35.6 Å². The zero-order valence-corrected chi connectivity index (χ0v) is 14.8. The van der Waals surface area contributed by atoms with Crippen LogP contribution in [0.15, 0.2) is 22.7 Å². The first kappa shape index (κ1) is 16.7. The molecule has 0 radical (unpaired) electrons. The van der Waals surface area contributed by atoms with Gasteiger partial charge in [-0.1, -0.05) is 35.2 Å². The lowest BCUT2D eigenvalue weighted by molar-refractivity contribution is 0.0943. The van der Waals surface area contributed by atoms with Crippen molar-refractivity contribution in [3.05, 3.63) is 28.5 Å². The van der Waals surface area contributed by atoms with Gasteiger partial charge in [0, 0.05) is 36.7 Å². The van der Waals surface area contributed by atoms with Crippen molar-refractivity contribution in [2.75, 3.05) is 31.5 Å². The first-order valence-corrected chi connectivity index (χ1v) is 9.18. The molecule has 0 atom stereocenters. The van der Waals surface area contributed by atoms with E-state index in [4.69, 9.17) is 0 Å². The lowest BCUT2D eigenvalue weighted by Gasteiger charge is -2.40. The highest BCUT2D eigenvalue weighted by Crippen LogP contribution is 2.24. The fraction of sp³-hybridized carbons (Fsp3) is 0.588. The summed E-state index contributed by atoms with van der Waals surface area (Å²) in [5, 5.41) is 2.67. The number of nitrogens with one attached hydrogen (secondary N) is 1. The van der Waals surface area contributed by atoms with Gasteiger partial charge in [-0.15, -0.1) is 0 Å². The predicted octanol–water partition coefficient (Wildman–Crippen LogP) is 4.07. The lowest BCUT2D eigenvalue weighted by Crippen LogP contribution is -2.53. The minimum absolute atomic E-state index is 0.213. The van der Waals surface area contributed by atoms with Gasteiger partial charge >= 0.3 is 6.03 Å². The van der Waals surface area contributed by atoms with Gasteiger partial charge in [0.15, 0.2) is 0 Å². The summed E-state index contributed by atoms with van der Waals surface area (Å²) in [4.78, 5) is 16.6. The predicted molar refractivity (Wildman–Crippen MR) is 93.1 cm³/mol. The van der Waals surface area contributed by atoms with Gasteiger partial charge in [-0.05, 0) is 31.0 Å². The van der Waals surface area contributed by atoms with E-state index in [1.165, 1.54) is 38.2 Å². The second-order valence-corrected chi connectivity index (χ2v) is 7.28. The molecule has 2 aliphatic rings. The highest BCUT2D eigenvalue weighted by atomic mass is 79.9. The maximum absolute atomic E-state index is 13.8. The fourth-order valence-corrected chi connectivity index (χ4v) is 3.85. The summed E-state index contributed by atoms with van der Waals surface area (Å²) in [6.45, 7) is 3.25. The number of urea groups is 1. The Balaban J connectivity index is 1.51. The Bertz CT molecular complexity index is 555. The number of rotatable bonds is 2. The number of nitrogens with zero attached hydrogens (tertiary/aromatic N) is 2. The van der Waals surface area contributed by atoms with Crippen molar-refractivity contribution in [3.8, 4) is 0 Å². The molecule has 1 aromatic rings. The van der Waals surface area contributed by atoms with Crippen LogP contribution in [0.3, 0.4) is 0 Å².